The summed E-state index contributed by atoms with van der Waals surface area (Å²) >= 11 is 1.52. The van der Waals surface area contributed by atoms with E-state index in [0.717, 1.165) is 5.56 Å². The number of carbonyl (C=O) groups excluding carboxylic acids is 2. The molecule has 0 aromatic heterocycles. The first kappa shape index (κ1) is 16.7. The first-order valence-electron chi connectivity index (χ1n) is 7.15. The van der Waals surface area contributed by atoms with Gasteiger partial charge in [0, 0.05) is 5.75 Å². The van der Waals surface area contributed by atoms with E-state index in [4.69, 9.17) is 9.47 Å². The molecule has 1 fully saturated rings. The zero-order chi connectivity index (χ0) is 16.2. The summed E-state index contributed by atoms with van der Waals surface area (Å²) in [5.41, 5.74) is 0.341. The number of esters is 1. The van der Waals surface area contributed by atoms with Crippen molar-refractivity contribution < 1.29 is 19.1 Å². The molecular formula is C16H21NO4S. The van der Waals surface area contributed by atoms with E-state index in [1.54, 1.807) is 20.8 Å². The Kier molecular flexibility index (Phi) is 5.34. The average molecular weight is 323 g/mol. The van der Waals surface area contributed by atoms with Crippen LogP contribution >= 0.6 is 11.8 Å². The van der Waals surface area contributed by atoms with Crippen molar-refractivity contribution in [3.8, 4) is 0 Å². The van der Waals surface area contributed by atoms with E-state index < -0.39 is 17.7 Å². The fourth-order valence-corrected chi connectivity index (χ4v) is 3.09. The molecule has 1 aliphatic heterocycles. The second kappa shape index (κ2) is 7.05. The Morgan fingerprint density at radius 3 is 2.59 bits per heavy atom. The molecule has 1 saturated heterocycles. The van der Waals surface area contributed by atoms with Crippen molar-refractivity contribution in [2.45, 2.75) is 39.0 Å². The van der Waals surface area contributed by atoms with Crippen molar-refractivity contribution in [1.29, 1.82) is 0 Å². The normalized spacial score (nSPS) is 18.1. The van der Waals surface area contributed by atoms with Gasteiger partial charge in [0.25, 0.3) is 0 Å². The van der Waals surface area contributed by atoms with Crippen LogP contribution in [-0.2, 0) is 20.9 Å². The van der Waals surface area contributed by atoms with Gasteiger partial charge in [-0.1, -0.05) is 30.3 Å². The van der Waals surface area contributed by atoms with Gasteiger partial charge < -0.3 is 9.47 Å². The Balaban J connectivity index is 1.92. The van der Waals surface area contributed by atoms with Crippen molar-refractivity contribution in [1.82, 2.24) is 4.90 Å². The van der Waals surface area contributed by atoms with Crippen LogP contribution < -0.4 is 0 Å². The maximum absolute atomic E-state index is 12.2. The first-order valence-corrected chi connectivity index (χ1v) is 8.30. The summed E-state index contributed by atoms with van der Waals surface area (Å²) in [7, 11) is 0. The molecule has 2 rings (SSSR count). The Bertz CT molecular complexity index is 527. The van der Waals surface area contributed by atoms with E-state index in [-0.39, 0.29) is 12.6 Å². The molecule has 1 heterocycles. The predicted molar refractivity (Wildman–Crippen MR) is 85.4 cm³/mol. The Hall–Kier alpha value is -1.69. The molecule has 5 nitrogen and oxygen atoms in total. The van der Waals surface area contributed by atoms with Gasteiger partial charge in [-0.3, -0.25) is 4.90 Å². The maximum Gasteiger partial charge on any atom is 0.411 e. The number of hydrogen-bond donors (Lipinski definition) is 0. The zero-order valence-corrected chi connectivity index (χ0v) is 13.9. The second-order valence-corrected chi connectivity index (χ2v) is 7.06. The molecule has 0 radical (unpaired) electrons. The minimum atomic E-state index is -0.581. The van der Waals surface area contributed by atoms with E-state index >= 15 is 0 Å². The first-order chi connectivity index (χ1) is 10.4. The summed E-state index contributed by atoms with van der Waals surface area (Å²) in [4.78, 5) is 25.8. The number of amides is 1. The number of benzene rings is 1. The molecule has 0 spiro atoms. The molecule has 1 aromatic carbocycles. The third-order valence-corrected chi connectivity index (χ3v) is 4.02. The van der Waals surface area contributed by atoms with Crippen LogP contribution in [0.5, 0.6) is 0 Å². The fourth-order valence-electron chi connectivity index (χ4n) is 1.96. The summed E-state index contributed by atoms with van der Waals surface area (Å²) in [6.07, 6.45) is -0.473. The quantitative estimate of drug-likeness (QED) is 0.800. The van der Waals surface area contributed by atoms with Crippen molar-refractivity contribution in [2.24, 2.45) is 0 Å². The van der Waals surface area contributed by atoms with Crippen LogP contribution in [0, 0.1) is 0 Å². The molecule has 1 atom stereocenters. The van der Waals surface area contributed by atoms with Crippen LogP contribution in [0.4, 0.5) is 4.79 Å². The molecule has 22 heavy (non-hydrogen) atoms. The molecule has 1 aliphatic rings. The van der Waals surface area contributed by atoms with Crippen molar-refractivity contribution >= 4 is 23.8 Å². The highest BCUT2D eigenvalue weighted by molar-refractivity contribution is 7.99. The summed E-state index contributed by atoms with van der Waals surface area (Å²) in [6.45, 7) is 5.62. The lowest BCUT2D eigenvalue weighted by Gasteiger charge is -2.27. The lowest BCUT2D eigenvalue weighted by molar-refractivity contribution is -0.149. The highest BCUT2D eigenvalue weighted by Gasteiger charge is 2.38. The van der Waals surface area contributed by atoms with E-state index in [2.05, 4.69) is 0 Å². The molecule has 0 aliphatic carbocycles. The van der Waals surface area contributed by atoms with Crippen molar-refractivity contribution in [2.75, 3.05) is 11.6 Å². The van der Waals surface area contributed by atoms with E-state index in [0.29, 0.717) is 11.6 Å². The minimum Gasteiger partial charge on any atom is -0.459 e. The third kappa shape index (κ3) is 4.66. The molecule has 1 aromatic rings. The van der Waals surface area contributed by atoms with E-state index in [1.165, 1.54) is 16.7 Å². The van der Waals surface area contributed by atoms with Gasteiger partial charge in [-0.2, -0.15) is 0 Å². The van der Waals surface area contributed by atoms with Gasteiger partial charge >= 0.3 is 12.1 Å². The standard InChI is InChI=1S/C16H21NO4S/c1-16(2,3)21-15(19)17-11-22-10-13(17)14(18)20-9-12-7-5-4-6-8-12/h4-8,13H,9-11H2,1-3H3/t13-/m0/s1. The monoisotopic (exact) mass is 323 g/mol. The van der Waals surface area contributed by atoms with Gasteiger partial charge in [0.2, 0.25) is 0 Å². The molecule has 6 heteroatoms. The molecule has 0 N–H and O–H groups in total. The van der Waals surface area contributed by atoms with Crippen LogP contribution in [0.1, 0.15) is 26.3 Å². The van der Waals surface area contributed by atoms with Gasteiger partial charge in [0.1, 0.15) is 18.2 Å². The topological polar surface area (TPSA) is 55.8 Å². The molecular weight excluding hydrogens is 302 g/mol. The summed E-state index contributed by atoms with van der Waals surface area (Å²) in [6, 6.07) is 8.89. The maximum atomic E-state index is 12.2. The van der Waals surface area contributed by atoms with Crippen molar-refractivity contribution in [3.63, 3.8) is 0 Å². The Morgan fingerprint density at radius 1 is 1.27 bits per heavy atom. The summed E-state index contributed by atoms with van der Waals surface area (Å²) in [5, 5.41) is 0. The lowest BCUT2D eigenvalue weighted by Crippen LogP contribution is -2.45. The second-order valence-electron chi connectivity index (χ2n) is 6.06. The summed E-state index contributed by atoms with van der Waals surface area (Å²) in [5.74, 6) is 0.590. The number of rotatable bonds is 3. The predicted octanol–water partition coefficient (Wildman–Crippen LogP) is 3.04. The van der Waals surface area contributed by atoms with Gasteiger partial charge in [0.15, 0.2) is 0 Å². The van der Waals surface area contributed by atoms with Crippen molar-refractivity contribution in [3.05, 3.63) is 35.9 Å². The third-order valence-electron chi connectivity index (χ3n) is 3.01. The van der Waals surface area contributed by atoms with Crippen LogP contribution in [0.3, 0.4) is 0 Å². The smallest absolute Gasteiger partial charge is 0.411 e. The molecule has 1 amide bonds. The zero-order valence-electron chi connectivity index (χ0n) is 13.1. The van der Waals surface area contributed by atoms with Gasteiger partial charge in [-0.05, 0) is 26.3 Å². The van der Waals surface area contributed by atoms with E-state index in [9.17, 15) is 9.59 Å². The average Bonchev–Trinajstić information content (AvgIpc) is 2.93. The minimum absolute atomic E-state index is 0.211. The summed E-state index contributed by atoms with van der Waals surface area (Å²) < 4.78 is 10.7. The number of thioether (sulfide) groups is 1. The van der Waals surface area contributed by atoms with Crippen LogP contribution in [0.25, 0.3) is 0 Å². The number of nitrogens with zero attached hydrogens (tertiary/aromatic N) is 1. The number of carbonyl (C=O) groups is 2. The molecule has 0 saturated carbocycles. The largest absolute Gasteiger partial charge is 0.459 e. The fraction of sp³-hybridized carbons (Fsp3) is 0.500. The highest BCUT2D eigenvalue weighted by Crippen LogP contribution is 2.24. The lowest BCUT2D eigenvalue weighted by atomic mass is 10.2. The van der Waals surface area contributed by atoms with E-state index in [1.807, 2.05) is 30.3 Å². The molecule has 120 valence electrons. The van der Waals surface area contributed by atoms with Crippen LogP contribution in [0.2, 0.25) is 0 Å². The number of hydrogen-bond acceptors (Lipinski definition) is 5. The van der Waals surface area contributed by atoms with Gasteiger partial charge in [0.05, 0.1) is 5.88 Å². The molecule has 0 bridgehead atoms. The SMILES string of the molecule is CC(C)(C)OC(=O)N1CSC[C@H]1C(=O)OCc1ccccc1. The molecule has 0 unspecified atom stereocenters. The van der Waals surface area contributed by atoms with Gasteiger partial charge in [-0.15, -0.1) is 11.8 Å². The highest BCUT2D eigenvalue weighted by atomic mass is 32.2. The van der Waals surface area contributed by atoms with Crippen LogP contribution in [-0.4, -0.2) is 40.2 Å². The Labute approximate surface area is 135 Å². The van der Waals surface area contributed by atoms with Crippen LogP contribution in [0.15, 0.2) is 30.3 Å². The number of ether oxygens (including phenoxy) is 2. The Morgan fingerprint density at radius 2 is 1.95 bits per heavy atom. The van der Waals surface area contributed by atoms with Gasteiger partial charge in [-0.25, -0.2) is 9.59 Å².